The highest BCUT2D eigenvalue weighted by atomic mass is 16.5. The minimum absolute atomic E-state index is 0.0568. The van der Waals surface area contributed by atoms with E-state index in [0.717, 1.165) is 5.56 Å². The maximum Gasteiger partial charge on any atom is 0.343 e. The van der Waals surface area contributed by atoms with Crippen molar-refractivity contribution in [3.63, 3.8) is 0 Å². The minimum atomic E-state index is -0.508. The number of hydrogen-bond acceptors (Lipinski definition) is 5. The topological polar surface area (TPSA) is 61.8 Å². The summed E-state index contributed by atoms with van der Waals surface area (Å²) in [5.74, 6) is 0.848. The molecule has 3 aromatic rings. The molecule has 1 aliphatic heterocycles. The maximum absolute atomic E-state index is 12.7. The highest BCUT2D eigenvalue weighted by molar-refractivity contribution is 6.14. The molecule has 0 saturated carbocycles. The Bertz CT molecular complexity index is 1200. The lowest BCUT2D eigenvalue weighted by molar-refractivity contribution is 0.0734. The maximum atomic E-state index is 12.7. The average Bonchev–Trinajstić information content (AvgIpc) is 3.08. The van der Waals surface area contributed by atoms with Crippen molar-refractivity contribution >= 4 is 17.8 Å². The summed E-state index contributed by atoms with van der Waals surface area (Å²) in [6, 6.07) is 19.4. The van der Waals surface area contributed by atoms with Crippen LogP contribution in [0.2, 0.25) is 0 Å². The van der Waals surface area contributed by atoms with E-state index in [1.165, 1.54) is 5.56 Å². The Morgan fingerprint density at radius 1 is 0.906 bits per heavy atom. The zero-order valence-corrected chi connectivity index (χ0v) is 18.5. The van der Waals surface area contributed by atoms with Crippen molar-refractivity contribution in [3.05, 3.63) is 94.7 Å². The first kappa shape index (κ1) is 21.4. The molecule has 0 fully saturated rings. The van der Waals surface area contributed by atoms with Crippen molar-refractivity contribution in [1.29, 1.82) is 0 Å². The molecule has 0 aromatic heterocycles. The number of carbonyl (C=O) groups is 2. The monoisotopic (exact) mass is 428 g/mol. The normalized spacial score (nSPS) is 14.1. The molecule has 0 amide bonds. The van der Waals surface area contributed by atoms with Crippen LogP contribution in [0.5, 0.6) is 17.2 Å². The van der Waals surface area contributed by atoms with Gasteiger partial charge in [-0.25, -0.2) is 4.79 Å². The Balaban J connectivity index is 1.50. The number of allylic oxidation sites excluding steroid dienone is 1. The summed E-state index contributed by atoms with van der Waals surface area (Å²) in [5, 5.41) is 0. The third-order valence-corrected chi connectivity index (χ3v) is 5.25. The van der Waals surface area contributed by atoms with Crippen LogP contribution in [0, 0.1) is 0 Å². The number of Topliss-reactive ketones (excluding diaryl/α,β-unsaturated/α-hetero) is 1. The summed E-state index contributed by atoms with van der Waals surface area (Å²) in [5.41, 5.74) is 2.97. The molecule has 5 nitrogen and oxygen atoms in total. The fourth-order valence-electron chi connectivity index (χ4n) is 3.35. The van der Waals surface area contributed by atoms with Crippen LogP contribution in [0.15, 0.2) is 72.5 Å². The van der Waals surface area contributed by atoms with Crippen LogP contribution in [0.3, 0.4) is 0 Å². The van der Waals surface area contributed by atoms with Gasteiger partial charge in [0.1, 0.15) is 17.2 Å². The molecule has 1 aliphatic rings. The first-order chi connectivity index (χ1) is 15.2. The molecule has 0 saturated heterocycles. The fraction of sp³-hybridized carbons (Fsp3) is 0.185. The summed E-state index contributed by atoms with van der Waals surface area (Å²) in [4.78, 5) is 25.1. The van der Waals surface area contributed by atoms with Crippen LogP contribution >= 0.6 is 0 Å². The molecule has 3 aromatic carbocycles. The van der Waals surface area contributed by atoms with E-state index in [1.54, 1.807) is 55.7 Å². The van der Waals surface area contributed by atoms with Crippen molar-refractivity contribution in [2.45, 2.75) is 26.2 Å². The van der Waals surface area contributed by atoms with Crippen molar-refractivity contribution < 1.29 is 23.8 Å². The first-order valence-electron chi connectivity index (χ1n) is 10.3. The van der Waals surface area contributed by atoms with E-state index in [9.17, 15) is 9.59 Å². The molecule has 32 heavy (non-hydrogen) atoms. The average molecular weight is 428 g/mol. The molecule has 0 radical (unpaired) electrons. The fourth-order valence-corrected chi connectivity index (χ4v) is 3.35. The highest BCUT2D eigenvalue weighted by Gasteiger charge is 2.28. The summed E-state index contributed by atoms with van der Waals surface area (Å²) in [7, 11) is 1.56. The van der Waals surface area contributed by atoms with E-state index in [-0.39, 0.29) is 17.0 Å². The van der Waals surface area contributed by atoms with E-state index < -0.39 is 5.97 Å². The Morgan fingerprint density at radius 2 is 1.56 bits per heavy atom. The number of esters is 1. The van der Waals surface area contributed by atoms with Crippen molar-refractivity contribution in [2.75, 3.05) is 7.11 Å². The van der Waals surface area contributed by atoms with E-state index in [0.29, 0.717) is 28.4 Å². The van der Waals surface area contributed by atoms with Gasteiger partial charge in [-0.2, -0.15) is 0 Å². The molecular weight excluding hydrogens is 404 g/mol. The zero-order valence-electron chi connectivity index (χ0n) is 18.5. The van der Waals surface area contributed by atoms with Gasteiger partial charge in [0.2, 0.25) is 5.78 Å². The molecule has 4 rings (SSSR count). The molecule has 1 heterocycles. The van der Waals surface area contributed by atoms with E-state index in [1.807, 2.05) is 12.1 Å². The predicted octanol–water partition coefficient (Wildman–Crippen LogP) is 5.83. The molecule has 162 valence electrons. The van der Waals surface area contributed by atoms with Gasteiger partial charge in [-0.1, -0.05) is 45.0 Å². The number of carbonyl (C=O) groups excluding carboxylic acids is 2. The zero-order chi connectivity index (χ0) is 22.9. The van der Waals surface area contributed by atoms with Gasteiger partial charge in [-0.05, 0) is 59.0 Å². The second kappa shape index (κ2) is 8.35. The number of ketones is 1. The lowest BCUT2D eigenvalue weighted by Gasteiger charge is -2.18. The molecule has 0 aliphatic carbocycles. The lowest BCUT2D eigenvalue weighted by atomic mass is 9.86. The van der Waals surface area contributed by atoms with Crippen LogP contribution in [-0.2, 0) is 5.41 Å². The molecule has 5 heteroatoms. The number of rotatable bonds is 4. The standard InChI is InChI=1S/C27H24O5/c1-27(2,3)19-9-5-17(6-10-19)15-24-25(28)22-14-13-21(16-23(22)32-24)31-26(29)18-7-11-20(30-4)12-8-18/h5-16H,1-4H3. The summed E-state index contributed by atoms with van der Waals surface area (Å²) < 4.78 is 16.3. The largest absolute Gasteiger partial charge is 0.497 e. The number of methoxy groups -OCH3 is 1. The first-order valence-corrected chi connectivity index (χ1v) is 10.3. The Hall–Kier alpha value is -3.86. The van der Waals surface area contributed by atoms with Crippen molar-refractivity contribution in [3.8, 4) is 17.2 Å². The van der Waals surface area contributed by atoms with E-state index in [2.05, 4.69) is 32.9 Å². The van der Waals surface area contributed by atoms with Crippen molar-refractivity contribution in [2.24, 2.45) is 0 Å². The van der Waals surface area contributed by atoms with Crippen LogP contribution in [0.1, 0.15) is 52.6 Å². The number of benzene rings is 3. The second-order valence-electron chi connectivity index (χ2n) is 8.59. The smallest absolute Gasteiger partial charge is 0.343 e. The van der Waals surface area contributed by atoms with Crippen molar-refractivity contribution in [1.82, 2.24) is 0 Å². The van der Waals surface area contributed by atoms with E-state index in [4.69, 9.17) is 14.2 Å². The molecule has 0 spiro atoms. The third kappa shape index (κ3) is 4.42. The lowest BCUT2D eigenvalue weighted by Crippen LogP contribution is -2.10. The molecular formula is C27H24O5. The van der Waals surface area contributed by atoms with Crippen LogP contribution < -0.4 is 14.2 Å². The quantitative estimate of drug-likeness (QED) is 0.297. The minimum Gasteiger partial charge on any atom is -0.497 e. The molecule has 0 N–H and O–H groups in total. The van der Waals surface area contributed by atoms with Gasteiger partial charge in [-0.15, -0.1) is 0 Å². The summed E-state index contributed by atoms with van der Waals surface area (Å²) in [6.45, 7) is 6.46. The SMILES string of the molecule is COc1ccc(C(=O)Oc2ccc3c(c2)OC(=Cc2ccc(C(C)(C)C)cc2)C3=O)cc1. The van der Waals surface area contributed by atoms with Crippen LogP contribution in [0.4, 0.5) is 0 Å². The van der Waals surface area contributed by atoms with Crippen LogP contribution in [-0.4, -0.2) is 18.9 Å². The molecule has 0 atom stereocenters. The highest BCUT2D eigenvalue weighted by Crippen LogP contribution is 2.35. The third-order valence-electron chi connectivity index (χ3n) is 5.25. The molecule has 0 bridgehead atoms. The van der Waals surface area contributed by atoms with Crippen LogP contribution in [0.25, 0.3) is 6.08 Å². The summed E-state index contributed by atoms with van der Waals surface area (Å²) in [6.07, 6.45) is 1.72. The van der Waals surface area contributed by atoms with Gasteiger partial charge < -0.3 is 14.2 Å². The van der Waals surface area contributed by atoms with Gasteiger partial charge in [0.15, 0.2) is 5.76 Å². The van der Waals surface area contributed by atoms with Gasteiger partial charge in [0, 0.05) is 6.07 Å². The number of fused-ring (bicyclic) bond motifs is 1. The summed E-state index contributed by atoms with van der Waals surface area (Å²) >= 11 is 0. The number of ether oxygens (including phenoxy) is 3. The van der Waals surface area contributed by atoms with E-state index >= 15 is 0 Å². The van der Waals surface area contributed by atoms with Gasteiger partial charge in [0.25, 0.3) is 0 Å². The van der Waals surface area contributed by atoms with Gasteiger partial charge >= 0.3 is 5.97 Å². The Labute approximate surface area is 187 Å². The Kier molecular flexibility index (Phi) is 5.57. The van der Waals surface area contributed by atoms with Gasteiger partial charge in [0.05, 0.1) is 18.2 Å². The van der Waals surface area contributed by atoms with Gasteiger partial charge in [-0.3, -0.25) is 4.79 Å². The number of hydrogen-bond donors (Lipinski definition) is 0. The molecule has 0 unspecified atom stereocenters. The second-order valence-corrected chi connectivity index (χ2v) is 8.59. The Morgan fingerprint density at radius 3 is 2.19 bits per heavy atom. The predicted molar refractivity (Wildman–Crippen MR) is 122 cm³/mol.